The number of nitrogens with zero attached hydrogens (tertiary/aromatic N) is 2. The van der Waals surface area contributed by atoms with E-state index < -0.39 is 5.63 Å². The quantitative estimate of drug-likeness (QED) is 0.688. The topological polar surface area (TPSA) is 87.0 Å². The van der Waals surface area contributed by atoms with Gasteiger partial charge in [-0.25, -0.2) is 4.79 Å². The molecular weight excluding hydrogens is 220 g/mol. The summed E-state index contributed by atoms with van der Waals surface area (Å²) in [5.41, 5.74) is -0.832. The molecule has 0 aliphatic heterocycles. The minimum Gasteiger partial charge on any atom is -0.497 e. The van der Waals surface area contributed by atoms with Crippen LogP contribution in [0.1, 0.15) is 11.1 Å². The Kier molecular flexibility index (Phi) is 2.52. The molecule has 2 rings (SSSR count). The molecule has 0 unspecified atom stereocenters. The highest BCUT2D eigenvalue weighted by atomic mass is 16.5. The standard InChI is InChI=1S/C12H6N2O3/c1-16-7-2-3-8-9(5-13)10(6-14)12(15)17-11(8)4-7/h2-4H,1H3. The monoisotopic (exact) mass is 226 g/mol. The number of rotatable bonds is 1. The van der Waals surface area contributed by atoms with Gasteiger partial charge in [0.1, 0.15) is 23.5 Å². The van der Waals surface area contributed by atoms with Crippen molar-refractivity contribution in [2.45, 2.75) is 0 Å². The lowest BCUT2D eigenvalue weighted by molar-refractivity contribution is 0.414. The Morgan fingerprint density at radius 1 is 1.24 bits per heavy atom. The fraction of sp³-hybridized carbons (Fsp3) is 0.0833. The highest BCUT2D eigenvalue weighted by molar-refractivity contribution is 5.85. The molecule has 5 nitrogen and oxygen atoms in total. The number of hydrogen-bond acceptors (Lipinski definition) is 5. The van der Waals surface area contributed by atoms with Crippen LogP contribution in [0, 0.1) is 22.7 Å². The van der Waals surface area contributed by atoms with E-state index in [1.165, 1.54) is 13.2 Å². The summed E-state index contributed by atoms with van der Waals surface area (Å²) in [5.74, 6) is 0.509. The summed E-state index contributed by atoms with van der Waals surface area (Å²) < 4.78 is 9.94. The van der Waals surface area contributed by atoms with Crippen molar-refractivity contribution < 1.29 is 9.15 Å². The SMILES string of the molecule is COc1ccc2c(C#N)c(C#N)c(=O)oc2c1. The number of ether oxygens (including phenoxy) is 1. The van der Waals surface area contributed by atoms with Crippen LogP contribution in [0.4, 0.5) is 0 Å². The van der Waals surface area contributed by atoms with Crippen LogP contribution in [0.15, 0.2) is 27.4 Å². The molecule has 5 heteroatoms. The zero-order valence-electron chi connectivity index (χ0n) is 8.85. The Hall–Kier alpha value is -2.79. The number of fused-ring (bicyclic) bond motifs is 1. The highest BCUT2D eigenvalue weighted by Crippen LogP contribution is 2.23. The molecule has 0 aliphatic carbocycles. The molecule has 17 heavy (non-hydrogen) atoms. The predicted molar refractivity (Wildman–Crippen MR) is 58.5 cm³/mol. The number of hydrogen-bond donors (Lipinski definition) is 0. The Bertz CT molecular complexity index is 732. The van der Waals surface area contributed by atoms with Gasteiger partial charge in [-0.1, -0.05) is 0 Å². The Morgan fingerprint density at radius 3 is 2.53 bits per heavy atom. The van der Waals surface area contributed by atoms with Crippen molar-refractivity contribution in [2.24, 2.45) is 0 Å². The summed E-state index contributed by atoms with van der Waals surface area (Å²) in [6, 6.07) is 8.23. The molecule has 0 amide bonds. The van der Waals surface area contributed by atoms with Crippen molar-refractivity contribution in [3.05, 3.63) is 39.7 Å². The zero-order chi connectivity index (χ0) is 12.4. The third kappa shape index (κ3) is 1.60. The van der Waals surface area contributed by atoms with Gasteiger partial charge < -0.3 is 9.15 Å². The lowest BCUT2D eigenvalue weighted by Gasteiger charge is -2.03. The lowest BCUT2D eigenvalue weighted by atomic mass is 10.1. The van der Waals surface area contributed by atoms with Crippen LogP contribution >= 0.6 is 0 Å². The molecule has 1 heterocycles. The molecule has 0 spiro atoms. The second-order valence-corrected chi connectivity index (χ2v) is 3.23. The predicted octanol–water partition coefficient (Wildman–Crippen LogP) is 1.54. The minimum absolute atomic E-state index is 0.0291. The van der Waals surface area contributed by atoms with Crippen LogP contribution in [-0.4, -0.2) is 7.11 Å². The van der Waals surface area contributed by atoms with Crippen molar-refractivity contribution in [3.8, 4) is 17.9 Å². The molecule has 0 aliphatic rings. The number of benzene rings is 1. The average molecular weight is 226 g/mol. The highest BCUT2D eigenvalue weighted by Gasteiger charge is 2.14. The van der Waals surface area contributed by atoms with Crippen molar-refractivity contribution in [3.63, 3.8) is 0 Å². The summed E-state index contributed by atoms with van der Waals surface area (Å²) in [6.07, 6.45) is 0. The molecule has 0 saturated heterocycles. The fourth-order valence-electron chi connectivity index (χ4n) is 1.53. The molecule has 1 aromatic heterocycles. The molecule has 0 fully saturated rings. The van der Waals surface area contributed by atoms with Gasteiger partial charge >= 0.3 is 5.63 Å². The largest absolute Gasteiger partial charge is 0.497 e. The van der Waals surface area contributed by atoms with Crippen LogP contribution in [0.5, 0.6) is 5.75 Å². The first-order chi connectivity index (χ1) is 8.21. The maximum Gasteiger partial charge on any atom is 0.355 e. The van der Waals surface area contributed by atoms with E-state index in [4.69, 9.17) is 19.7 Å². The molecule has 1 aromatic carbocycles. The molecule has 0 radical (unpaired) electrons. The van der Waals surface area contributed by atoms with Crippen molar-refractivity contribution in [1.29, 1.82) is 10.5 Å². The second-order valence-electron chi connectivity index (χ2n) is 3.23. The third-order valence-electron chi connectivity index (χ3n) is 2.34. The number of nitriles is 2. The first-order valence-electron chi connectivity index (χ1n) is 4.66. The van der Waals surface area contributed by atoms with Gasteiger partial charge in [0.25, 0.3) is 0 Å². The molecule has 0 saturated carbocycles. The van der Waals surface area contributed by atoms with Crippen molar-refractivity contribution in [2.75, 3.05) is 7.11 Å². The van der Waals surface area contributed by atoms with Crippen LogP contribution in [0.25, 0.3) is 11.0 Å². The minimum atomic E-state index is -0.815. The van der Waals surface area contributed by atoms with E-state index in [9.17, 15) is 4.79 Å². The van der Waals surface area contributed by atoms with Crippen molar-refractivity contribution in [1.82, 2.24) is 0 Å². The molecular formula is C12H6N2O3. The van der Waals surface area contributed by atoms with Gasteiger partial charge in [-0.05, 0) is 12.1 Å². The van der Waals surface area contributed by atoms with Gasteiger partial charge in [-0.3, -0.25) is 0 Å². The fourth-order valence-corrected chi connectivity index (χ4v) is 1.53. The van der Waals surface area contributed by atoms with Gasteiger partial charge in [0.05, 0.1) is 12.7 Å². The van der Waals surface area contributed by atoms with E-state index >= 15 is 0 Å². The maximum absolute atomic E-state index is 11.5. The van der Waals surface area contributed by atoms with E-state index in [0.717, 1.165) is 0 Å². The smallest absolute Gasteiger partial charge is 0.355 e. The van der Waals surface area contributed by atoms with Gasteiger partial charge in [-0.15, -0.1) is 0 Å². The molecule has 0 atom stereocenters. The van der Waals surface area contributed by atoms with Gasteiger partial charge in [-0.2, -0.15) is 10.5 Å². The van der Waals surface area contributed by atoms with Crippen molar-refractivity contribution >= 4 is 11.0 Å². The molecule has 0 N–H and O–H groups in total. The first kappa shape index (κ1) is 10.7. The maximum atomic E-state index is 11.5. The normalized spacial score (nSPS) is 9.59. The first-order valence-corrected chi connectivity index (χ1v) is 4.66. The van der Waals surface area contributed by atoms with E-state index in [1.54, 1.807) is 18.2 Å². The molecule has 82 valence electrons. The average Bonchev–Trinajstić information content (AvgIpc) is 2.36. The molecule has 0 bridgehead atoms. The third-order valence-corrected chi connectivity index (χ3v) is 2.34. The van der Waals surface area contributed by atoms with E-state index in [1.807, 2.05) is 6.07 Å². The summed E-state index contributed by atoms with van der Waals surface area (Å²) in [6.45, 7) is 0. The summed E-state index contributed by atoms with van der Waals surface area (Å²) in [4.78, 5) is 11.5. The van der Waals surface area contributed by atoms with E-state index in [0.29, 0.717) is 11.1 Å². The lowest BCUT2D eigenvalue weighted by Crippen LogP contribution is -2.07. The van der Waals surface area contributed by atoms with Gasteiger partial charge in [0, 0.05) is 11.5 Å². The molecule has 2 aromatic rings. The van der Waals surface area contributed by atoms with Gasteiger partial charge in [0.15, 0.2) is 5.56 Å². The second kappa shape index (κ2) is 3.99. The Labute approximate surface area is 96.1 Å². The van der Waals surface area contributed by atoms with Crippen LogP contribution in [-0.2, 0) is 0 Å². The summed E-state index contributed by atoms with van der Waals surface area (Å²) >= 11 is 0. The van der Waals surface area contributed by atoms with Gasteiger partial charge in [0.2, 0.25) is 0 Å². The van der Waals surface area contributed by atoms with Crippen LogP contribution in [0.3, 0.4) is 0 Å². The van der Waals surface area contributed by atoms with E-state index in [-0.39, 0.29) is 16.7 Å². The van der Waals surface area contributed by atoms with Crippen LogP contribution in [0.2, 0.25) is 0 Å². The van der Waals surface area contributed by atoms with E-state index in [2.05, 4.69) is 0 Å². The Balaban J connectivity index is 2.95. The summed E-state index contributed by atoms with van der Waals surface area (Å²) in [5, 5.41) is 18.2. The zero-order valence-corrected chi connectivity index (χ0v) is 8.85. The Morgan fingerprint density at radius 2 is 1.94 bits per heavy atom. The van der Waals surface area contributed by atoms with Crippen LogP contribution < -0.4 is 10.4 Å². The number of methoxy groups -OCH3 is 1. The summed E-state index contributed by atoms with van der Waals surface area (Å²) in [7, 11) is 1.48.